The maximum absolute atomic E-state index is 2.47. The Hall–Kier alpha value is 0.434. The predicted octanol–water partition coefficient (Wildman–Crippen LogP) is 1.36. The van der Waals surface area contributed by atoms with E-state index in [1.165, 1.54) is 0 Å². The Morgan fingerprint density at radius 1 is 1.12 bits per heavy atom. The molecule has 0 bridgehead atoms. The predicted molar refractivity (Wildman–Crippen MR) is 47.1 cm³/mol. The van der Waals surface area contributed by atoms with Crippen LogP contribution in [0.5, 0.6) is 0 Å². The average molecular weight is 146 g/mol. The van der Waals surface area contributed by atoms with E-state index in [1.54, 1.807) is 0 Å². The van der Waals surface area contributed by atoms with Crippen LogP contribution in [0.1, 0.15) is 20.8 Å². The van der Waals surface area contributed by atoms with Gasteiger partial charge in [-0.2, -0.15) is 0 Å². The second-order valence-corrected chi connectivity index (χ2v) is 15.6. The van der Waals surface area contributed by atoms with Crippen molar-refractivity contribution in [2.24, 2.45) is 0 Å². The van der Waals surface area contributed by atoms with Gasteiger partial charge in [0.25, 0.3) is 0 Å². The third kappa shape index (κ3) is 6.43. The van der Waals surface area contributed by atoms with E-state index < -0.39 is 0 Å². The van der Waals surface area contributed by atoms with Crippen LogP contribution in [0.15, 0.2) is 0 Å². The van der Waals surface area contributed by atoms with Gasteiger partial charge in [-0.1, -0.05) is 38.9 Å². The molecule has 0 saturated heterocycles. The van der Waals surface area contributed by atoms with Crippen molar-refractivity contribution in [3.8, 4) is 0 Å². The van der Waals surface area contributed by atoms with E-state index in [9.17, 15) is 0 Å². The number of hydrogen-bond acceptors (Lipinski definition) is 0. The number of hydrogen-bond donors (Lipinski definition) is 0. The SMILES string of the molecule is C[SiH](C)[SiH2]C(C)(C)C. The molecule has 0 atom stereocenters. The lowest BCUT2D eigenvalue weighted by Crippen LogP contribution is -2.22. The molecule has 0 unspecified atom stereocenters. The molecule has 0 fully saturated rings. The second kappa shape index (κ2) is 2.83. The highest BCUT2D eigenvalue weighted by Gasteiger charge is 2.12. The molecule has 2 heteroatoms. The van der Waals surface area contributed by atoms with Crippen molar-refractivity contribution in [1.29, 1.82) is 0 Å². The Bertz CT molecular complexity index is 61.4. The topological polar surface area (TPSA) is 0 Å². The summed E-state index contributed by atoms with van der Waals surface area (Å²) in [5, 5.41) is 0.723. The van der Waals surface area contributed by atoms with E-state index >= 15 is 0 Å². The van der Waals surface area contributed by atoms with E-state index in [-0.39, 0.29) is 8.31 Å². The van der Waals surface area contributed by atoms with Gasteiger partial charge in [0.2, 0.25) is 0 Å². The minimum Gasteiger partial charge on any atom is -0.0745 e. The van der Waals surface area contributed by atoms with Crippen LogP contribution < -0.4 is 0 Å². The molecule has 0 amide bonds. The molecule has 0 heterocycles. The largest absolute Gasteiger partial charge is 0.0745 e. The second-order valence-electron chi connectivity index (χ2n) is 4.16. The van der Waals surface area contributed by atoms with Gasteiger partial charge in [-0.05, 0) is 0 Å². The highest BCUT2D eigenvalue weighted by Crippen LogP contribution is 2.20. The minimum absolute atomic E-state index is 0.157. The van der Waals surface area contributed by atoms with Crippen LogP contribution in [0.3, 0.4) is 0 Å². The molecular formula is C6H18Si2. The summed E-state index contributed by atoms with van der Waals surface area (Å²) < 4.78 is 0. The monoisotopic (exact) mass is 146 g/mol. The molecule has 0 aromatic carbocycles. The summed E-state index contributed by atoms with van der Waals surface area (Å²) in [4.78, 5) is 0. The zero-order valence-electron chi connectivity index (χ0n) is 6.78. The molecule has 0 aliphatic rings. The molecule has 0 aromatic rings. The summed E-state index contributed by atoms with van der Waals surface area (Å²) in [5.41, 5.74) is 0. The van der Waals surface area contributed by atoms with Crippen LogP contribution in [0, 0.1) is 0 Å². The highest BCUT2D eigenvalue weighted by molar-refractivity contribution is 7.12. The van der Waals surface area contributed by atoms with Gasteiger partial charge in [-0.25, -0.2) is 0 Å². The fourth-order valence-electron chi connectivity index (χ4n) is 1.22. The van der Waals surface area contributed by atoms with Gasteiger partial charge in [0.15, 0.2) is 0 Å². The smallest absolute Gasteiger partial charge is 0.0186 e. The van der Waals surface area contributed by atoms with Crippen molar-refractivity contribution < 1.29 is 0 Å². The summed E-state index contributed by atoms with van der Waals surface area (Å²) in [7, 11) is 0.167. The first-order valence-electron chi connectivity index (χ1n) is 3.42. The highest BCUT2D eigenvalue weighted by atomic mass is 29.2. The maximum Gasteiger partial charge on any atom is 0.0186 e. The number of rotatable bonds is 1. The molecule has 0 rings (SSSR count). The molecule has 0 nitrogen and oxygen atoms in total. The summed E-state index contributed by atoms with van der Waals surface area (Å²) in [6, 6.07) is 0. The Balaban J connectivity index is 3.39. The first-order chi connectivity index (χ1) is 3.42. The molecule has 0 aromatic heterocycles. The molecule has 50 valence electrons. The Labute approximate surface area is 56.9 Å². The quantitative estimate of drug-likeness (QED) is 0.490. The van der Waals surface area contributed by atoms with Gasteiger partial charge in [-0.3, -0.25) is 0 Å². The average Bonchev–Trinajstić information content (AvgIpc) is 1.21. The first kappa shape index (κ1) is 8.43. The molecule has 0 spiro atoms. The van der Waals surface area contributed by atoms with Crippen LogP contribution in [0.2, 0.25) is 18.1 Å². The van der Waals surface area contributed by atoms with Gasteiger partial charge in [0.05, 0.1) is 0 Å². The Morgan fingerprint density at radius 3 is 1.50 bits per heavy atom. The lowest BCUT2D eigenvalue weighted by atomic mass is 10.3. The van der Waals surface area contributed by atoms with Crippen molar-refractivity contribution in [2.75, 3.05) is 0 Å². The van der Waals surface area contributed by atoms with E-state index in [4.69, 9.17) is 0 Å². The molecule has 0 N–H and O–H groups in total. The lowest BCUT2D eigenvalue weighted by molar-refractivity contribution is 0.762. The van der Waals surface area contributed by atoms with Gasteiger partial charge in [0, 0.05) is 17.4 Å². The summed E-state index contributed by atoms with van der Waals surface area (Å²) in [6.45, 7) is 12.1. The molecule has 0 radical (unpaired) electrons. The molecule has 0 saturated carbocycles. The van der Waals surface area contributed by atoms with E-state index in [2.05, 4.69) is 33.9 Å². The van der Waals surface area contributed by atoms with Crippen molar-refractivity contribution in [2.45, 2.75) is 38.9 Å². The van der Waals surface area contributed by atoms with Gasteiger partial charge < -0.3 is 0 Å². The van der Waals surface area contributed by atoms with Gasteiger partial charge in [0.1, 0.15) is 0 Å². The van der Waals surface area contributed by atoms with Crippen molar-refractivity contribution >= 4 is 17.4 Å². The molecule has 0 aliphatic carbocycles. The van der Waals surface area contributed by atoms with Crippen LogP contribution in [0.4, 0.5) is 0 Å². The van der Waals surface area contributed by atoms with Crippen molar-refractivity contribution in [1.82, 2.24) is 0 Å². The molecule has 8 heavy (non-hydrogen) atoms. The Kier molecular flexibility index (Phi) is 2.98. The minimum atomic E-state index is -0.157. The van der Waals surface area contributed by atoms with Crippen LogP contribution in [0.25, 0.3) is 0 Å². The Morgan fingerprint density at radius 2 is 1.50 bits per heavy atom. The van der Waals surface area contributed by atoms with Crippen LogP contribution >= 0.6 is 0 Å². The van der Waals surface area contributed by atoms with Crippen LogP contribution in [-0.2, 0) is 0 Å². The molecular weight excluding hydrogens is 128 g/mol. The van der Waals surface area contributed by atoms with Crippen molar-refractivity contribution in [3.63, 3.8) is 0 Å². The summed E-state index contributed by atoms with van der Waals surface area (Å²) >= 11 is 0. The normalized spacial score (nSPS) is 14.2. The van der Waals surface area contributed by atoms with E-state index in [0.717, 1.165) is 5.04 Å². The lowest BCUT2D eigenvalue weighted by Gasteiger charge is -2.18. The summed E-state index contributed by atoms with van der Waals surface area (Å²) in [6.07, 6.45) is 0. The zero-order valence-corrected chi connectivity index (χ0v) is 9.35. The van der Waals surface area contributed by atoms with E-state index in [0.29, 0.717) is 9.04 Å². The fourth-order valence-corrected chi connectivity index (χ4v) is 11.0. The third-order valence-corrected chi connectivity index (χ3v) is 9.19. The maximum atomic E-state index is 2.47. The fraction of sp³-hybridized carbons (Fsp3) is 1.00. The standard InChI is InChI=1S/C6H18Si2/c1-6(2,3)7-8(4)5/h8H,7H2,1-5H3. The van der Waals surface area contributed by atoms with Crippen LogP contribution in [-0.4, -0.2) is 17.4 Å². The third-order valence-electron chi connectivity index (χ3n) is 1.02. The van der Waals surface area contributed by atoms with Crippen molar-refractivity contribution in [3.05, 3.63) is 0 Å². The summed E-state index contributed by atoms with van der Waals surface area (Å²) in [5.74, 6) is 0. The van der Waals surface area contributed by atoms with Gasteiger partial charge in [-0.15, -0.1) is 0 Å². The van der Waals surface area contributed by atoms with E-state index in [1.807, 2.05) is 0 Å². The zero-order chi connectivity index (χ0) is 6.78. The van der Waals surface area contributed by atoms with Gasteiger partial charge >= 0.3 is 0 Å². The molecule has 0 aliphatic heterocycles. The first-order valence-corrected chi connectivity index (χ1v) is 9.70.